The summed E-state index contributed by atoms with van der Waals surface area (Å²) >= 11 is 0. The number of esters is 1. The van der Waals surface area contributed by atoms with E-state index in [0.717, 1.165) is 19.3 Å². The Kier molecular flexibility index (Phi) is 8.52. The molecule has 0 heterocycles. The molecule has 0 unspecified atom stereocenters. The van der Waals surface area contributed by atoms with Gasteiger partial charge in [-0.2, -0.15) is 0 Å². The van der Waals surface area contributed by atoms with Crippen molar-refractivity contribution in [3.63, 3.8) is 0 Å². The second-order valence-electron chi connectivity index (χ2n) is 5.67. The highest BCUT2D eigenvalue weighted by molar-refractivity contribution is 5.78. The SMILES string of the molecule is CCCCC(=O)OCCCC(=O)CC1CCCCC1. The Morgan fingerprint density at radius 3 is 2.47 bits per heavy atom. The van der Waals surface area contributed by atoms with E-state index < -0.39 is 0 Å². The summed E-state index contributed by atoms with van der Waals surface area (Å²) in [7, 11) is 0. The Balaban J connectivity index is 1.99. The molecule has 1 aliphatic rings. The summed E-state index contributed by atoms with van der Waals surface area (Å²) < 4.78 is 5.09. The Hall–Kier alpha value is -0.860. The van der Waals surface area contributed by atoms with Gasteiger partial charge in [-0.15, -0.1) is 0 Å². The standard InChI is InChI=1S/C16H28O3/c1-2-3-11-16(18)19-12-7-10-15(17)13-14-8-5-4-6-9-14/h14H,2-13H2,1H3. The fraction of sp³-hybridized carbons (Fsp3) is 0.875. The van der Waals surface area contributed by atoms with Gasteiger partial charge in [0.1, 0.15) is 5.78 Å². The van der Waals surface area contributed by atoms with E-state index in [-0.39, 0.29) is 5.97 Å². The van der Waals surface area contributed by atoms with Crippen LogP contribution in [0.2, 0.25) is 0 Å². The van der Waals surface area contributed by atoms with Gasteiger partial charge in [0.15, 0.2) is 0 Å². The van der Waals surface area contributed by atoms with E-state index in [1.807, 2.05) is 0 Å². The predicted molar refractivity (Wildman–Crippen MR) is 75.9 cm³/mol. The van der Waals surface area contributed by atoms with Crippen molar-refractivity contribution in [2.24, 2.45) is 5.92 Å². The number of unbranched alkanes of at least 4 members (excludes halogenated alkanes) is 1. The summed E-state index contributed by atoms with van der Waals surface area (Å²) in [6.07, 6.45) is 10.7. The summed E-state index contributed by atoms with van der Waals surface area (Å²) in [4.78, 5) is 23.0. The van der Waals surface area contributed by atoms with Crippen LogP contribution in [0.1, 0.15) is 77.6 Å². The molecule has 0 aromatic carbocycles. The molecule has 0 N–H and O–H groups in total. The van der Waals surface area contributed by atoms with Crippen molar-refractivity contribution in [3.8, 4) is 0 Å². The molecule has 0 atom stereocenters. The van der Waals surface area contributed by atoms with Crippen LogP contribution < -0.4 is 0 Å². The molecule has 0 bridgehead atoms. The Bertz CT molecular complexity index is 267. The van der Waals surface area contributed by atoms with E-state index in [9.17, 15) is 9.59 Å². The van der Waals surface area contributed by atoms with Crippen molar-refractivity contribution < 1.29 is 14.3 Å². The second kappa shape index (κ2) is 9.99. The maximum Gasteiger partial charge on any atom is 0.305 e. The van der Waals surface area contributed by atoms with Gasteiger partial charge in [0.2, 0.25) is 0 Å². The molecule has 1 rings (SSSR count). The van der Waals surface area contributed by atoms with E-state index >= 15 is 0 Å². The van der Waals surface area contributed by atoms with Crippen LogP contribution in [0.15, 0.2) is 0 Å². The largest absolute Gasteiger partial charge is 0.466 e. The highest BCUT2D eigenvalue weighted by Crippen LogP contribution is 2.26. The van der Waals surface area contributed by atoms with Gasteiger partial charge in [-0.05, 0) is 18.8 Å². The lowest BCUT2D eigenvalue weighted by molar-refractivity contribution is -0.144. The van der Waals surface area contributed by atoms with Crippen LogP contribution in [0.25, 0.3) is 0 Å². The van der Waals surface area contributed by atoms with Crippen LogP contribution in [0.3, 0.4) is 0 Å². The number of ether oxygens (including phenoxy) is 1. The highest BCUT2D eigenvalue weighted by Gasteiger charge is 2.16. The average molecular weight is 268 g/mol. The molecule has 1 saturated carbocycles. The number of ketones is 1. The summed E-state index contributed by atoms with van der Waals surface area (Å²) in [6, 6.07) is 0. The minimum absolute atomic E-state index is 0.124. The highest BCUT2D eigenvalue weighted by atomic mass is 16.5. The van der Waals surface area contributed by atoms with Crippen LogP contribution in [-0.2, 0) is 14.3 Å². The lowest BCUT2D eigenvalue weighted by atomic mass is 9.85. The summed E-state index contributed by atoms with van der Waals surface area (Å²) in [5.41, 5.74) is 0. The van der Waals surface area contributed by atoms with Crippen LogP contribution in [-0.4, -0.2) is 18.4 Å². The van der Waals surface area contributed by atoms with Crippen molar-refractivity contribution in [1.29, 1.82) is 0 Å². The summed E-state index contributed by atoms with van der Waals surface area (Å²) in [6.45, 7) is 2.45. The lowest BCUT2D eigenvalue weighted by Crippen LogP contribution is -2.13. The van der Waals surface area contributed by atoms with Gasteiger partial charge in [-0.1, -0.05) is 45.4 Å². The summed E-state index contributed by atoms with van der Waals surface area (Å²) in [5, 5.41) is 0. The van der Waals surface area contributed by atoms with Crippen molar-refractivity contribution in [2.75, 3.05) is 6.61 Å². The van der Waals surface area contributed by atoms with E-state index in [1.54, 1.807) is 0 Å². The van der Waals surface area contributed by atoms with Crippen LogP contribution in [0.4, 0.5) is 0 Å². The number of hydrogen-bond acceptors (Lipinski definition) is 3. The van der Waals surface area contributed by atoms with Gasteiger partial charge in [0, 0.05) is 19.3 Å². The third-order valence-electron chi connectivity index (χ3n) is 3.84. The minimum atomic E-state index is -0.124. The molecule has 1 aliphatic carbocycles. The Labute approximate surface area is 117 Å². The van der Waals surface area contributed by atoms with E-state index in [2.05, 4.69) is 6.92 Å². The van der Waals surface area contributed by atoms with E-state index in [1.165, 1.54) is 32.1 Å². The van der Waals surface area contributed by atoms with Gasteiger partial charge in [0.05, 0.1) is 6.61 Å². The molecule has 0 saturated heterocycles. The molecule has 3 nitrogen and oxygen atoms in total. The second-order valence-corrected chi connectivity index (χ2v) is 5.67. The molecule has 19 heavy (non-hydrogen) atoms. The van der Waals surface area contributed by atoms with Crippen LogP contribution in [0, 0.1) is 5.92 Å². The molecule has 0 aromatic heterocycles. The fourth-order valence-corrected chi connectivity index (χ4v) is 2.66. The van der Waals surface area contributed by atoms with Gasteiger partial charge < -0.3 is 4.74 Å². The van der Waals surface area contributed by atoms with Crippen LogP contribution >= 0.6 is 0 Å². The molecule has 0 radical (unpaired) electrons. The molecule has 0 aliphatic heterocycles. The average Bonchev–Trinajstić information content (AvgIpc) is 2.42. The number of hydrogen-bond donors (Lipinski definition) is 0. The van der Waals surface area contributed by atoms with Gasteiger partial charge in [-0.3, -0.25) is 9.59 Å². The van der Waals surface area contributed by atoms with Crippen molar-refractivity contribution >= 4 is 11.8 Å². The zero-order valence-corrected chi connectivity index (χ0v) is 12.3. The van der Waals surface area contributed by atoms with Gasteiger partial charge >= 0.3 is 5.97 Å². The molecule has 1 fully saturated rings. The Morgan fingerprint density at radius 2 is 1.79 bits per heavy atom. The third kappa shape index (κ3) is 8.02. The number of Topliss-reactive ketones (excluding diaryl/α,β-unsaturated/α-hetero) is 1. The smallest absolute Gasteiger partial charge is 0.305 e. The summed E-state index contributed by atoms with van der Waals surface area (Å²) in [5.74, 6) is 0.839. The lowest BCUT2D eigenvalue weighted by Gasteiger charge is -2.20. The minimum Gasteiger partial charge on any atom is -0.466 e. The predicted octanol–water partition coefficient (Wildman–Crippen LogP) is 4.04. The van der Waals surface area contributed by atoms with Crippen molar-refractivity contribution in [1.82, 2.24) is 0 Å². The molecule has 0 aromatic rings. The van der Waals surface area contributed by atoms with Crippen LogP contribution in [0.5, 0.6) is 0 Å². The molecular formula is C16H28O3. The van der Waals surface area contributed by atoms with Gasteiger partial charge in [0.25, 0.3) is 0 Å². The zero-order valence-electron chi connectivity index (χ0n) is 12.3. The first-order valence-corrected chi connectivity index (χ1v) is 7.89. The molecule has 110 valence electrons. The first-order chi connectivity index (χ1) is 9.22. The maximum absolute atomic E-state index is 11.8. The molecular weight excluding hydrogens is 240 g/mol. The zero-order chi connectivity index (χ0) is 13.9. The maximum atomic E-state index is 11.8. The number of carbonyl (C=O) groups excluding carboxylic acids is 2. The van der Waals surface area contributed by atoms with Gasteiger partial charge in [-0.25, -0.2) is 0 Å². The molecule has 0 spiro atoms. The first kappa shape index (κ1) is 16.2. The third-order valence-corrected chi connectivity index (χ3v) is 3.84. The number of carbonyl (C=O) groups is 2. The van der Waals surface area contributed by atoms with E-state index in [0.29, 0.717) is 37.6 Å². The Morgan fingerprint density at radius 1 is 1.05 bits per heavy atom. The molecule has 0 amide bonds. The van der Waals surface area contributed by atoms with E-state index in [4.69, 9.17) is 4.74 Å². The monoisotopic (exact) mass is 268 g/mol. The first-order valence-electron chi connectivity index (χ1n) is 7.89. The topological polar surface area (TPSA) is 43.4 Å². The van der Waals surface area contributed by atoms with Crippen molar-refractivity contribution in [3.05, 3.63) is 0 Å². The fourth-order valence-electron chi connectivity index (χ4n) is 2.66. The normalized spacial score (nSPS) is 16.3. The molecule has 3 heteroatoms. The quantitative estimate of drug-likeness (QED) is 0.468. The van der Waals surface area contributed by atoms with Crippen molar-refractivity contribution in [2.45, 2.75) is 77.6 Å². The number of rotatable bonds is 9.